The Balaban J connectivity index is 2.95. The van der Waals surface area contributed by atoms with Gasteiger partial charge in [0.05, 0.1) is 21.8 Å². The zero-order valence-electron chi connectivity index (χ0n) is 12.2. The molecule has 0 spiro atoms. The van der Waals surface area contributed by atoms with Gasteiger partial charge in [-0.25, -0.2) is 8.93 Å². The highest BCUT2D eigenvalue weighted by Crippen LogP contribution is 2.34. The molecule has 2 atom stereocenters. The maximum absolute atomic E-state index is 14.1. The predicted molar refractivity (Wildman–Crippen MR) is 75.5 cm³/mol. The topological polar surface area (TPSA) is 72.2 Å². The van der Waals surface area contributed by atoms with Crippen molar-refractivity contribution in [3.63, 3.8) is 0 Å². The van der Waals surface area contributed by atoms with Crippen molar-refractivity contribution in [3.8, 4) is 0 Å². The van der Waals surface area contributed by atoms with Gasteiger partial charge in [-0.05, 0) is 39.5 Å². The molecule has 118 valence electrons. The number of primary amides is 1. The first-order valence-electron chi connectivity index (χ1n) is 6.92. The van der Waals surface area contributed by atoms with E-state index in [-0.39, 0.29) is 5.92 Å². The summed E-state index contributed by atoms with van der Waals surface area (Å²) in [5.41, 5.74) is 4.83. The molecule has 0 heterocycles. The number of halogens is 2. The Bertz CT molecular complexity index is 377. The van der Waals surface area contributed by atoms with Gasteiger partial charge >= 0.3 is 5.92 Å². The lowest BCUT2D eigenvalue weighted by Gasteiger charge is -2.35. The molecule has 1 amide bonds. The molecule has 1 saturated carbocycles. The fourth-order valence-corrected chi connectivity index (χ4v) is 3.30. The fourth-order valence-electron chi connectivity index (χ4n) is 2.38. The van der Waals surface area contributed by atoms with Gasteiger partial charge < -0.3 is 5.73 Å². The molecule has 1 aliphatic rings. The highest BCUT2D eigenvalue weighted by atomic mass is 32.2. The van der Waals surface area contributed by atoms with Crippen LogP contribution in [0.15, 0.2) is 0 Å². The van der Waals surface area contributed by atoms with E-state index in [1.807, 2.05) is 0 Å². The van der Waals surface area contributed by atoms with Gasteiger partial charge in [-0.3, -0.25) is 4.79 Å². The monoisotopic (exact) mass is 310 g/mol. The maximum atomic E-state index is 14.1. The molecule has 7 heteroatoms. The number of carbonyl (C=O) groups is 1. The third-order valence-corrected chi connectivity index (χ3v) is 5.21. The fraction of sp³-hybridized carbons (Fsp3) is 0.923. The Labute approximate surface area is 121 Å². The lowest BCUT2D eigenvalue weighted by atomic mass is 9.81. The van der Waals surface area contributed by atoms with Crippen LogP contribution >= 0.6 is 0 Å². The first-order valence-corrected chi connectivity index (χ1v) is 8.07. The van der Waals surface area contributed by atoms with Crippen LogP contribution in [0.4, 0.5) is 8.78 Å². The normalized spacial score (nSPS) is 21.4. The van der Waals surface area contributed by atoms with E-state index in [1.54, 1.807) is 20.8 Å². The number of carbonyl (C=O) groups excluding carboxylic acids is 1. The molecule has 0 saturated heterocycles. The summed E-state index contributed by atoms with van der Waals surface area (Å²) in [5, 5.41) is 0. The van der Waals surface area contributed by atoms with Gasteiger partial charge in [0.2, 0.25) is 0 Å². The predicted octanol–water partition coefficient (Wildman–Crippen LogP) is 2.11. The Morgan fingerprint density at radius 2 is 1.75 bits per heavy atom. The van der Waals surface area contributed by atoms with Crippen LogP contribution in [0.25, 0.3) is 0 Å². The van der Waals surface area contributed by atoms with Crippen LogP contribution in [-0.2, 0) is 15.8 Å². The third kappa shape index (κ3) is 4.22. The van der Waals surface area contributed by atoms with E-state index in [1.165, 1.54) is 0 Å². The summed E-state index contributed by atoms with van der Waals surface area (Å²) >= 11 is 0. The molecule has 0 aromatic carbocycles. The SMILES string of the molecule is CC(C)(C)S(=O)NC(C1CCCCC1)C(F)(F)C(N)=O. The summed E-state index contributed by atoms with van der Waals surface area (Å²) in [6, 6.07) is -1.46. The van der Waals surface area contributed by atoms with E-state index in [0.29, 0.717) is 12.8 Å². The van der Waals surface area contributed by atoms with Gasteiger partial charge in [0, 0.05) is 0 Å². The molecule has 20 heavy (non-hydrogen) atoms. The van der Waals surface area contributed by atoms with Crippen molar-refractivity contribution >= 4 is 16.9 Å². The van der Waals surface area contributed by atoms with Gasteiger partial charge in [-0.2, -0.15) is 8.78 Å². The second-order valence-corrected chi connectivity index (χ2v) is 8.36. The Kier molecular flexibility index (Phi) is 5.66. The second kappa shape index (κ2) is 6.47. The Morgan fingerprint density at radius 1 is 1.25 bits per heavy atom. The van der Waals surface area contributed by atoms with E-state index in [9.17, 15) is 17.8 Å². The average Bonchev–Trinajstić information content (AvgIpc) is 2.35. The van der Waals surface area contributed by atoms with E-state index in [0.717, 1.165) is 19.3 Å². The second-order valence-electron chi connectivity index (χ2n) is 6.36. The average molecular weight is 310 g/mol. The van der Waals surface area contributed by atoms with Crippen molar-refractivity contribution in [2.45, 2.75) is 69.6 Å². The summed E-state index contributed by atoms with van der Waals surface area (Å²) in [5.74, 6) is -5.73. The van der Waals surface area contributed by atoms with E-state index >= 15 is 0 Å². The van der Waals surface area contributed by atoms with Crippen molar-refractivity contribution in [2.75, 3.05) is 0 Å². The van der Waals surface area contributed by atoms with Crippen LogP contribution in [0.5, 0.6) is 0 Å². The molecule has 1 fully saturated rings. The summed E-state index contributed by atoms with van der Waals surface area (Å²) in [4.78, 5) is 11.1. The Morgan fingerprint density at radius 3 is 2.15 bits per heavy atom. The number of nitrogens with two attached hydrogens (primary N) is 1. The van der Waals surface area contributed by atoms with Gasteiger partial charge in [-0.1, -0.05) is 19.3 Å². The molecule has 0 aromatic rings. The standard InChI is InChI=1S/C13H24F2N2O2S/c1-12(2,3)20(19)17-10(13(14,15)11(16)18)9-7-5-4-6-8-9/h9-10,17H,4-8H2,1-3H3,(H2,16,18). The molecule has 0 bridgehead atoms. The number of alkyl halides is 2. The van der Waals surface area contributed by atoms with Crippen LogP contribution < -0.4 is 10.5 Å². The third-order valence-electron chi connectivity index (χ3n) is 3.63. The van der Waals surface area contributed by atoms with Gasteiger partial charge in [0.15, 0.2) is 0 Å². The number of amides is 1. The van der Waals surface area contributed by atoms with Crippen LogP contribution in [0.3, 0.4) is 0 Å². The molecule has 2 unspecified atom stereocenters. The minimum Gasteiger partial charge on any atom is -0.364 e. The van der Waals surface area contributed by atoms with Crippen molar-refractivity contribution in [1.29, 1.82) is 0 Å². The highest BCUT2D eigenvalue weighted by Gasteiger charge is 2.50. The van der Waals surface area contributed by atoms with Crippen LogP contribution in [0.1, 0.15) is 52.9 Å². The molecule has 4 nitrogen and oxygen atoms in total. The number of rotatable bonds is 5. The minimum atomic E-state index is -3.69. The Hall–Kier alpha value is -0.560. The molecule has 0 radical (unpaired) electrons. The van der Waals surface area contributed by atoms with Crippen molar-refractivity contribution in [2.24, 2.45) is 11.7 Å². The van der Waals surface area contributed by atoms with Crippen molar-refractivity contribution < 1.29 is 17.8 Å². The zero-order valence-corrected chi connectivity index (χ0v) is 13.1. The number of hydrogen-bond acceptors (Lipinski definition) is 2. The lowest BCUT2D eigenvalue weighted by molar-refractivity contribution is -0.148. The van der Waals surface area contributed by atoms with Crippen molar-refractivity contribution in [3.05, 3.63) is 0 Å². The van der Waals surface area contributed by atoms with Gasteiger partial charge in [0.1, 0.15) is 0 Å². The molecule has 1 aliphatic carbocycles. The number of nitrogens with one attached hydrogen (secondary N) is 1. The summed E-state index contributed by atoms with van der Waals surface area (Å²) in [6.45, 7) is 5.07. The van der Waals surface area contributed by atoms with Gasteiger partial charge in [0.25, 0.3) is 5.91 Å². The van der Waals surface area contributed by atoms with Crippen LogP contribution in [0.2, 0.25) is 0 Å². The summed E-state index contributed by atoms with van der Waals surface area (Å²) in [7, 11) is -1.67. The largest absolute Gasteiger partial charge is 0.364 e. The molecule has 0 aromatic heterocycles. The van der Waals surface area contributed by atoms with E-state index in [2.05, 4.69) is 4.72 Å². The quantitative estimate of drug-likeness (QED) is 0.816. The van der Waals surface area contributed by atoms with Gasteiger partial charge in [-0.15, -0.1) is 0 Å². The van der Waals surface area contributed by atoms with Crippen LogP contribution in [-0.4, -0.2) is 26.8 Å². The molecule has 1 rings (SSSR count). The summed E-state index contributed by atoms with van der Waals surface area (Å²) < 4.78 is 42.0. The van der Waals surface area contributed by atoms with Crippen LogP contribution in [0, 0.1) is 5.92 Å². The zero-order chi connectivity index (χ0) is 15.6. The number of hydrogen-bond donors (Lipinski definition) is 2. The minimum absolute atomic E-state index is 0.377. The maximum Gasteiger partial charge on any atom is 0.340 e. The molecular formula is C13H24F2N2O2S. The first-order chi connectivity index (χ1) is 9.06. The summed E-state index contributed by atoms with van der Waals surface area (Å²) in [6.07, 6.45) is 3.90. The van der Waals surface area contributed by atoms with E-state index < -0.39 is 33.6 Å². The first kappa shape index (κ1) is 17.5. The molecule has 3 N–H and O–H groups in total. The lowest BCUT2D eigenvalue weighted by Crippen LogP contribution is -2.58. The van der Waals surface area contributed by atoms with E-state index in [4.69, 9.17) is 5.73 Å². The molecule has 0 aliphatic heterocycles. The molecular weight excluding hydrogens is 286 g/mol. The highest BCUT2D eigenvalue weighted by molar-refractivity contribution is 7.84. The van der Waals surface area contributed by atoms with Crippen molar-refractivity contribution in [1.82, 2.24) is 4.72 Å². The smallest absolute Gasteiger partial charge is 0.340 e.